The predicted octanol–water partition coefficient (Wildman–Crippen LogP) is 4.55. The number of amides is 2. The van der Waals surface area contributed by atoms with Crippen LogP contribution in [0.25, 0.3) is 0 Å². The molecule has 25 heavy (non-hydrogen) atoms. The molecule has 2 aromatic rings. The molecule has 0 saturated carbocycles. The number of carbonyl (C=O) groups excluding carboxylic acids is 2. The molecule has 4 nitrogen and oxygen atoms in total. The van der Waals surface area contributed by atoms with Crippen molar-refractivity contribution in [3.8, 4) is 5.75 Å². The molecule has 1 fully saturated rings. The Bertz CT molecular complexity index is 778. The van der Waals surface area contributed by atoms with Crippen LogP contribution in [0.4, 0.5) is 4.79 Å². The Morgan fingerprint density at radius 2 is 1.84 bits per heavy atom. The van der Waals surface area contributed by atoms with Crippen molar-refractivity contribution in [2.45, 2.75) is 25.2 Å². The number of hydrogen-bond donors (Lipinski definition) is 0. The molecule has 1 aliphatic rings. The minimum absolute atomic E-state index is 0.120. The third kappa shape index (κ3) is 4.17. The number of nitrogens with zero attached hydrogens (tertiary/aromatic N) is 1. The number of ether oxygens (including phenoxy) is 1. The van der Waals surface area contributed by atoms with Crippen LogP contribution in [0.15, 0.2) is 48.5 Å². The molecule has 0 radical (unpaired) electrons. The van der Waals surface area contributed by atoms with E-state index in [1.54, 1.807) is 0 Å². The summed E-state index contributed by atoms with van der Waals surface area (Å²) in [6.07, 6.45) is 0.475. The van der Waals surface area contributed by atoms with E-state index in [0.717, 1.165) is 28.6 Å². The van der Waals surface area contributed by atoms with E-state index >= 15 is 0 Å². The Hall–Kier alpha value is -1.98. The van der Waals surface area contributed by atoms with Gasteiger partial charge in [-0.2, -0.15) is 0 Å². The summed E-state index contributed by atoms with van der Waals surface area (Å²) < 4.78 is 5.93. The topological polar surface area (TPSA) is 46.6 Å². The van der Waals surface area contributed by atoms with Gasteiger partial charge in [0.1, 0.15) is 12.4 Å². The van der Waals surface area contributed by atoms with Gasteiger partial charge in [0, 0.05) is 11.6 Å². The molecule has 1 heterocycles. The molecule has 0 spiro atoms. The van der Waals surface area contributed by atoms with E-state index in [4.69, 9.17) is 16.3 Å². The first-order chi connectivity index (χ1) is 12.1. The number of para-hydroxylation sites is 1. The minimum Gasteiger partial charge on any atom is -0.489 e. The summed E-state index contributed by atoms with van der Waals surface area (Å²) in [5, 5.41) is 0.135. The summed E-state index contributed by atoms with van der Waals surface area (Å²) in [6.45, 7) is 2.64. The summed E-state index contributed by atoms with van der Waals surface area (Å²) >= 11 is 6.99. The zero-order valence-corrected chi connectivity index (χ0v) is 15.3. The van der Waals surface area contributed by atoms with Gasteiger partial charge in [0.2, 0.25) is 5.91 Å². The van der Waals surface area contributed by atoms with Crippen LogP contribution in [0.5, 0.6) is 5.75 Å². The molecule has 2 amide bonds. The quantitative estimate of drug-likeness (QED) is 0.743. The largest absolute Gasteiger partial charge is 0.489 e. The number of hydrogen-bond acceptors (Lipinski definition) is 4. The van der Waals surface area contributed by atoms with Crippen LogP contribution in [-0.4, -0.2) is 27.8 Å². The average molecular weight is 376 g/mol. The Labute approximate surface area is 156 Å². The van der Waals surface area contributed by atoms with Gasteiger partial charge in [-0.15, -0.1) is 0 Å². The molecule has 130 valence electrons. The fraction of sp³-hybridized carbons (Fsp3) is 0.263. The van der Waals surface area contributed by atoms with Crippen molar-refractivity contribution in [1.29, 1.82) is 0 Å². The highest BCUT2D eigenvalue weighted by molar-refractivity contribution is 8.15. The van der Waals surface area contributed by atoms with Gasteiger partial charge in [0.25, 0.3) is 5.24 Å². The summed E-state index contributed by atoms with van der Waals surface area (Å²) in [5.41, 5.74) is 1.94. The maximum absolute atomic E-state index is 12.3. The number of benzene rings is 2. The second-order valence-electron chi connectivity index (χ2n) is 5.68. The highest BCUT2D eigenvalue weighted by atomic mass is 35.5. The lowest BCUT2D eigenvalue weighted by molar-refractivity contribution is -0.126. The fourth-order valence-corrected chi connectivity index (χ4v) is 3.87. The molecular weight excluding hydrogens is 358 g/mol. The standard InChI is InChI=1S/C19H18ClNO3S/c1-2-21-18(22)17(25-19(21)23)11-14-5-3-4-6-16(14)24-12-13-7-9-15(20)10-8-13/h3-10,17H,2,11-12H2,1H3/t17-/m0/s1. The molecule has 0 aromatic heterocycles. The van der Waals surface area contributed by atoms with Gasteiger partial charge < -0.3 is 4.74 Å². The molecule has 0 aliphatic carbocycles. The van der Waals surface area contributed by atoms with Gasteiger partial charge in [0.15, 0.2) is 0 Å². The lowest BCUT2D eigenvalue weighted by Gasteiger charge is -2.14. The first kappa shape index (κ1) is 17.8. The number of imide groups is 1. The van der Waals surface area contributed by atoms with E-state index in [2.05, 4.69) is 0 Å². The zero-order chi connectivity index (χ0) is 17.8. The summed E-state index contributed by atoms with van der Waals surface area (Å²) in [4.78, 5) is 25.5. The molecule has 2 aromatic carbocycles. The van der Waals surface area contributed by atoms with Gasteiger partial charge in [-0.25, -0.2) is 0 Å². The van der Waals surface area contributed by atoms with Crippen LogP contribution >= 0.6 is 23.4 Å². The molecule has 1 aliphatic heterocycles. The molecule has 0 bridgehead atoms. The maximum Gasteiger partial charge on any atom is 0.289 e. The van der Waals surface area contributed by atoms with Gasteiger partial charge >= 0.3 is 0 Å². The summed E-state index contributed by atoms with van der Waals surface area (Å²) in [5.74, 6) is 0.609. The van der Waals surface area contributed by atoms with Crippen LogP contribution in [0.3, 0.4) is 0 Å². The number of rotatable bonds is 6. The first-order valence-corrected chi connectivity index (χ1v) is 9.31. The van der Waals surface area contributed by atoms with Crippen LogP contribution in [0.2, 0.25) is 5.02 Å². The molecule has 0 unspecified atom stereocenters. The third-order valence-electron chi connectivity index (χ3n) is 4.01. The average Bonchev–Trinajstić information content (AvgIpc) is 2.88. The van der Waals surface area contributed by atoms with Gasteiger partial charge in [-0.05, 0) is 42.7 Å². The third-order valence-corrected chi connectivity index (χ3v) is 5.33. The minimum atomic E-state index is -0.382. The second-order valence-corrected chi connectivity index (χ2v) is 7.27. The summed E-state index contributed by atoms with van der Waals surface area (Å²) in [6, 6.07) is 15.1. The number of halogens is 1. The van der Waals surface area contributed by atoms with Crippen LogP contribution in [0, 0.1) is 0 Å². The van der Waals surface area contributed by atoms with Gasteiger partial charge in [0.05, 0.1) is 5.25 Å². The van der Waals surface area contributed by atoms with Crippen molar-refractivity contribution in [3.63, 3.8) is 0 Å². The van der Waals surface area contributed by atoms with Crippen LogP contribution in [0.1, 0.15) is 18.1 Å². The molecule has 1 atom stereocenters. The molecular formula is C19H18ClNO3S. The Balaban J connectivity index is 1.70. The number of thioether (sulfide) groups is 1. The van der Waals surface area contributed by atoms with Crippen molar-refractivity contribution in [2.75, 3.05) is 6.54 Å². The lowest BCUT2D eigenvalue weighted by Crippen LogP contribution is -2.31. The van der Waals surface area contributed by atoms with Crippen molar-refractivity contribution in [1.82, 2.24) is 4.90 Å². The van der Waals surface area contributed by atoms with E-state index in [1.807, 2.05) is 55.5 Å². The van der Waals surface area contributed by atoms with Crippen molar-refractivity contribution < 1.29 is 14.3 Å². The van der Waals surface area contributed by atoms with Crippen molar-refractivity contribution in [3.05, 3.63) is 64.7 Å². The predicted molar refractivity (Wildman–Crippen MR) is 100 cm³/mol. The molecule has 0 N–H and O–H groups in total. The van der Waals surface area contributed by atoms with Crippen LogP contribution in [-0.2, 0) is 17.8 Å². The molecule has 3 rings (SSSR count). The highest BCUT2D eigenvalue weighted by Crippen LogP contribution is 2.32. The summed E-state index contributed by atoms with van der Waals surface area (Å²) in [7, 11) is 0. The van der Waals surface area contributed by atoms with E-state index in [-0.39, 0.29) is 16.4 Å². The van der Waals surface area contributed by atoms with Crippen molar-refractivity contribution >= 4 is 34.5 Å². The fourth-order valence-electron chi connectivity index (χ4n) is 2.67. The number of carbonyl (C=O) groups is 2. The second kappa shape index (κ2) is 7.93. The zero-order valence-electron chi connectivity index (χ0n) is 13.8. The Morgan fingerprint density at radius 1 is 1.12 bits per heavy atom. The van der Waals surface area contributed by atoms with E-state index in [9.17, 15) is 9.59 Å². The van der Waals surface area contributed by atoms with E-state index < -0.39 is 0 Å². The smallest absolute Gasteiger partial charge is 0.289 e. The monoisotopic (exact) mass is 375 g/mol. The SMILES string of the molecule is CCN1C(=O)S[C@@H](Cc2ccccc2OCc2ccc(Cl)cc2)C1=O. The first-order valence-electron chi connectivity index (χ1n) is 8.05. The van der Waals surface area contributed by atoms with E-state index in [0.29, 0.717) is 24.6 Å². The Morgan fingerprint density at radius 3 is 2.52 bits per heavy atom. The van der Waals surface area contributed by atoms with E-state index in [1.165, 1.54) is 4.90 Å². The maximum atomic E-state index is 12.3. The molecule has 1 saturated heterocycles. The van der Waals surface area contributed by atoms with Crippen molar-refractivity contribution in [2.24, 2.45) is 0 Å². The lowest BCUT2D eigenvalue weighted by atomic mass is 10.1. The van der Waals surface area contributed by atoms with Crippen LogP contribution < -0.4 is 4.74 Å². The highest BCUT2D eigenvalue weighted by Gasteiger charge is 2.38. The Kier molecular flexibility index (Phi) is 5.66. The molecule has 6 heteroatoms. The van der Waals surface area contributed by atoms with Gasteiger partial charge in [-0.1, -0.05) is 53.7 Å². The normalized spacial score (nSPS) is 17.2. The van der Waals surface area contributed by atoms with Gasteiger partial charge in [-0.3, -0.25) is 14.5 Å².